The van der Waals surface area contributed by atoms with Crippen molar-refractivity contribution in [2.75, 3.05) is 4.90 Å². The molecule has 0 saturated heterocycles. The molecule has 2 aliphatic carbocycles. The van der Waals surface area contributed by atoms with Crippen LogP contribution in [0.5, 0.6) is 0 Å². The topological polar surface area (TPSA) is 123 Å². The molecular formula is C23H20BrN7O. The molecule has 0 atom stereocenters. The molecule has 2 heterocycles. The number of anilines is 1. The number of rotatable bonds is 1. The maximum Gasteiger partial charge on any atom is 0.220 e. The van der Waals surface area contributed by atoms with Crippen molar-refractivity contribution >= 4 is 50.2 Å². The van der Waals surface area contributed by atoms with Gasteiger partial charge in [0.15, 0.2) is 5.78 Å². The van der Waals surface area contributed by atoms with Crippen LogP contribution in [0, 0.1) is 0 Å². The van der Waals surface area contributed by atoms with Crippen LogP contribution in [0.3, 0.4) is 0 Å². The second-order valence-corrected chi connectivity index (χ2v) is 9.25. The first-order valence-corrected chi connectivity index (χ1v) is 11.4. The maximum atomic E-state index is 13.9. The molecule has 2 aromatic carbocycles. The fourth-order valence-corrected chi connectivity index (χ4v) is 5.81. The minimum atomic E-state index is -0.662. The lowest BCUT2D eigenvalue weighted by atomic mass is 9.83. The summed E-state index contributed by atoms with van der Waals surface area (Å²) in [5.74, 6) is 0.332. The minimum absolute atomic E-state index is 0.0864. The molecule has 0 bridgehead atoms. The number of fused-ring (bicyclic) bond motifs is 2. The van der Waals surface area contributed by atoms with Gasteiger partial charge in [0.2, 0.25) is 11.9 Å². The molecule has 8 nitrogen and oxygen atoms in total. The summed E-state index contributed by atoms with van der Waals surface area (Å²) >= 11 is 3.67. The van der Waals surface area contributed by atoms with E-state index in [0.717, 1.165) is 47.8 Å². The standard InChI is InChI=1S/C23H20BrN7O/c24-14-10-15(31-22(26)29-21(25)30-23(31)8-4-1-5-9-23)16-17-18(27-11-28-19(14)17)12-6-2-3-7-13(12)20(16)32/h2-3,6-7,10-11H,1,4-5,8-9H2,(H4,25,26,29,30). The molecule has 4 N–H and O–H groups in total. The fourth-order valence-electron chi connectivity index (χ4n) is 5.29. The predicted octanol–water partition coefficient (Wildman–Crippen LogP) is 3.71. The van der Waals surface area contributed by atoms with Gasteiger partial charge in [-0.05, 0) is 47.7 Å². The summed E-state index contributed by atoms with van der Waals surface area (Å²) < 4.78 is 0.753. The summed E-state index contributed by atoms with van der Waals surface area (Å²) in [5.41, 5.74) is 15.9. The molecule has 160 valence electrons. The van der Waals surface area contributed by atoms with Crippen molar-refractivity contribution in [2.45, 2.75) is 37.8 Å². The summed E-state index contributed by atoms with van der Waals surface area (Å²) in [6, 6.07) is 9.43. The molecular weight excluding hydrogens is 470 g/mol. The van der Waals surface area contributed by atoms with Crippen LogP contribution < -0.4 is 16.4 Å². The normalized spacial score (nSPS) is 19.0. The van der Waals surface area contributed by atoms with Gasteiger partial charge in [0.05, 0.1) is 22.5 Å². The molecule has 0 radical (unpaired) electrons. The summed E-state index contributed by atoms with van der Waals surface area (Å²) in [5, 5.41) is 0.710. The van der Waals surface area contributed by atoms with E-state index < -0.39 is 5.66 Å². The van der Waals surface area contributed by atoms with Crippen molar-refractivity contribution in [3.63, 3.8) is 0 Å². The number of benzene rings is 2. The van der Waals surface area contributed by atoms with Gasteiger partial charge in [-0.15, -0.1) is 0 Å². The summed E-state index contributed by atoms with van der Waals surface area (Å²) in [4.78, 5) is 33.9. The highest BCUT2D eigenvalue weighted by Gasteiger charge is 2.45. The Morgan fingerprint density at radius 2 is 1.78 bits per heavy atom. The van der Waals surface area contributed by atoms with Crippen molar-refractivity contribution < 1.29 is 4.79 Å². The van der Waals surface area contributed by atoms with Crippen molar-refractivity contribution in [1.29, 1.82) is 0 Å². The van der Waals surface area contributed by atoms with E-state index in [9.17, 15) is 4.79 Å². The number of hydrogen-bond donors (Lipinski definition) is 2. The second-order valence-electron chi connectivity index (χ2n) is 8.39. The molecule has 1 spiro atoms. The lowest BCUT2D eigenvalue weighted by Crippen LogP contribution is -2.58. The van der Waals surface area contributed by atoms with Crippen molar-refractivity contribution in [2.24, 2.45) is 21.5 Å². The Labute approximate surface area is 192 Å². The Morgan fingerprint density at radius 3 is 2.56 bits per heavy atom. The van der Waals surface area contributed by atoms with Gasteiger partial charge in [-0.25, -0.2) is 15.0 Å². The first-order valence-electron chi connectivity index (χ1n) is 10.6. The predicted molar refractivity (Wildman–Crippen MR) is 128 cm³/mol. The lowest BCUT2D eigenvalue weighted by molar-refractivity contribution is 0.104. The van der Waals surface area contributed by atoms with Crippen LogP contribution in [0.1, 0.15) is 48.0 Å². The van der Waals surface area contributed by atoms with E-state index in [1.165, 1.54) is 6.33 Å². The van der Waals surface area contributed by atoms with E-state index in [1.54, 1.807) is 0 Å². The number of halogens is 1. The van der Waals surface area contributed by atoms with Gasteiger partial charge >= 0.3 is 0 Å². The van der Waals surface area contributed by atoms with Crippen LogP contribution in [-0.2, 0) is 0 Å². The highest BCUT2D eigenvalue weighted by molar-refractivity contribution is 9.10. The van der Waals surface area contributed by atoms with E-state index >= 15 is 0 Å². The molecule has 6 rings (SSSR count). The lowest BCUT2D eigenvalue weighted by Gasteiger charge is -2.46. The monoisotopic (exact) mass is 489 g/mol. The van der Waals surface area contributed by atoms with Gasteiger partial charge in [0.25, 0.3) is 0 Å². The number of carbonyl (C=O) groups excluding carboxylic acids is 1. The third-order valence-corrected chi connectivity index (χ3v) is 7.19. The van der Waals surface area contributed by atoms with Crippen LogP contribution in [0.15, 0.2) is 51.1 Å². The number of carbonyl (C=O) groups is 1. The van der Waals surface area contributed by atoms with E-state index in [4.69, 9.17) is 16.5 Å². The summed E-state index contributed by atoms with van der Waals surface area (Å²) in [7, 11) is 0. The Morgan fingerprint density at radius 1 is 1.03 bits per heavy atom. The SMILES string of the molecule is NC1=NC2(CCCCC2)N(c2cc(Br)c3ncnc4c3c2C(=O)c2ccccc2-4)C(N)=N1. The van der Waals surface area contributed by atoms with Crippen LogP contribution in [0.2, 0.25) is 0 Å². The molecule has 32 heavy (non-hydrogen) atoms. The van der Waals surface area contributed by atoms with E-state index in [2.05, 4.69) is 30.9 Å². The molecule has 0 amide bonds. The van der Waals surface area contributed by atoms with Gasteiger partial charge in [-0.1, -0.05) is 30.7 Å². The third-order valence-electron chi connectivity index (χ3n) is 6.59. The maximum absolute atomic E-state index is 13.9. The minimum Gasteiger partial charge on any atom is -0.369 e. The molecule has 1 saturated carbocycles. The number of aromatic nitrogens is 2. The first-order chi connectivity index (χ1) is 15.5. The van der Waals surface area contributed by atoms with Crippen LogP contribution in [0.25, 0.3) is 22.2 Å². The summed E-state index contributed by atoms with van der Waals surface area (Å²) in [6.45, 7) is 0. The Hall–Kier alpha value is -3.33. The van der Waals surface area contributed by atoms with Crippen molar-refractivity contribution in [3.8, 4) is 11.3 Å². The highest BCUT2D eigenvalue weighted by Crippen LogP contribution is 2.47. The molecule has 1 aliphatic heterocycles. The number of guanidine groups is 2. The quantitative estimate of drug-likeness (QED) is 0.419. The number of aliphatic imine (C=N–C) groups is 2. The van der Waals surface area contributed by atoms with E-state index in [1.807, 2.05) is 35.2 Å². The highest BCUT2D eigenvalue weighted by atomic mass is 79.9. The van der Waals surface area contributed by atoms with Gasteiger partial charge in [0, 0.05) is 21.0 Å². The van der Waals surface area contributed by atoms with Gasteiger partial charge in [0.1, 0.15) is 12.0 Å². The molecule has 1 fully saturated rings. The van der Waals surface area contributed by atoms with Crippen LogP contribution in [-0.4, -0.2) is 33.3 Å². The number of hydrogen-bond acceptors (Lipinski definition) is 8. The molecule has 3 aromatic rings. The Kier molecular flexibility index (Phi) is 4.13. The Balaban J connectivity index is 1.70. The smallest absolute Gasteiger partial charge is 0.220 e. The van der Waals surface area contributed by atoms with Gasteiger partial charge in [-0.2, -0.15) is 4.99 Å². The number of nitrogens with zero attached hydrogens (tertiary/aromatic N) is 5. The zero-order valence-electron chi connectivity index (χ0n) is 17.2. The average molecular weight is 490 g/mol. The van der Waals surface area contributed by atoms with Gasteiger partial charge in [-0.3, -0.25) is 9.69 Å². The summed E-state index contributed by atoms with van der Waals surface area (Å²) in [6.07, 6.45) is 6.21. The Bertz CT molecular complexity index is 1370. The van der Waals surface area contributed by atoms with Crippen molar-refractivity contribution in [1.82, 2.24) is 9.97 Å². The zero-order chi connectivity index (χ0) is 22.0. The van der Waals surface area contributed by atoms with Crippen molar-refractivity contribution in [3.05, 3.63) is 52.3 Å². The third kappa shape index (κ3) is 2.57. The molecule has 3 aliphatic rings. The average Bonchev–Trinajstić information content (AvgIpc) is 2.78. The largest absolute Gasteiger partial charge is 0.369 e. The molecule has 9 heteroatoms. The van der Waals surface area contributed by atoms with Gasteiger partial charge < -0.3 is 11.5 Å². The van der Waals surface area contributed by atoms with Crippen LogP contribution in [0.4, 0.5) is 5.69 Å². The first kappa shape index (κ1) is 19.4. The molecule has 0 unspecified atom stereocenters. The fraction of sp³-hybridized carbons (Fsp3) is 0.261. The van der Waals surface area contributed by atoms with E-state index in [-0.39, 0.29) is 17.7 Å². The number of ketones is 1. The molecule has 1 aromatic heterocycles. The second kappa shape index (κ2) is 6.83. The number of nitrogens with two attached hydrogens (primary N) is 2. The van der Waals surface area contributed by atoms with E-state index in [0.29, 0.717) is 27.7 Å². The zero-order valence-corrected chi connectivity index (χ0v) is 18.8. The van der Waals surface area contributed by atoms with Crippen LogP contribution >= 0.6 is 15.9 Å².